The average Bonchev–Trinajstić information content (AvgIpc) is 3.30. The minimum absolute atomic E-state index is 0.112. The molecule has 0 aliphatic carbocycles. The molecule has 1 atom stereocenters. The van der Waals surface area contributed by atoms with Crippen LogP contribution in [0.1, 0.15) is 67.5 Å². The molecule has 0 bridgehead atoms. The normalized spacial score (nSPS) is 15.7. The van der Waals surface area contributed by atoms with E-state index in [9.17, 15) is 9.59 Å². The van der Waals surface area contributed by atoms with Crippen LogP contribution in [-0.2, 0) is 11.3 Å². The Kier molecular flexibility index (Phi) is 8.42. The number of fused-ring (bicyclic) bond motifs is 1. The van der Waals surface area contributed by atoms with Crippen molar-refractivity contribution in [3.05, 3.63) is 44.4 Å². The molecule has 4 rings (SSSR count). The first-order chi connectivity index (χ1) is 17.6. The number of carbonyl (C=O) groups excluding carboxylic acids is 1. The number of carbonyl (C=O) groups is 1. The lowest BCUT2D eigenvalue weighted by molar-refractivity contribution is 0.0180. The van der Waals surface area contributed by atoms with Crippen molar-refractivity contribution in [3.8, 4) is 5.75 Å². The molecule has 0 saturated carbocycles. The maximum absolute atomic E-state index is 13.6. The van der Waals surface area contributed by atoms with Crippen LogP contribution in [-0.4, -0.2) is 56.5 Å². The minimum Gasteiger partial charge on any atom is -0.494 e. The number of amides is 1. The lowest BCUT2D eigenvalue weighted by atomic mass is 9.92. The molecule has 0 N–H and O–H groups in total. The molecule has 1 aliphatic rings. The zero-order valence-corrected chi connectivity index (χ0v) is 23.8. The van der Waals surface area contributed by atoms with Gasteiger partial charge >= 0.3 is 6.09 Å². The van der Waals surface area contributed by atoms with E-state index in [1.165, 1.54) is 11.3 Å². The summed E-state index contributed by atoms with van der Waals surface area (Å²) in [4.78, 5) is 32.6. The summed E-state index contributed by atoms with van der Waals surface area (Å²) in [7, 11) is 1.57. The lowest BCUT2D eigenvalue weighted by Gasteiger charge is -2.33. The molecule has 3 aromatic rings. The molecule has 1 aromatic carbocycles. The number of rotatable bonds is 7. The number of nitrogens with zero attached hydrogens (tertiary/aromatic N) is 5. The first kappa shape index (κ1) is 27.4. The molecular formula is C26H35N5O4S2. The predicted molar refractivity (Wildman–Crippen MR) is 148 cm³/mol. The highest BCUT2D eigenvalue weighted by molar-refractivity contribution is 7.80. The van der Waals surface area contributed by atoms with Gasteiger partial charge < -0.3 is 14.4 Å². The Bertz CT molecular complexity index is 1310. The summed E-state index contributed by atoms with van der Waals surface area (Å²) in [6.07, 6.45) is 3.38. The van der Waals surface area contributed by atoms with Crippen molar-refractivity contribution < 1.29 is 14.3 Å². The smallest absolute Gasteiger partial charge is 0.410 e. The average molecular weight is 546 g/mol. The number of piperidine rings is 1. The fraction of sp³-hybridized carbons (Fsp3) is 0.577. The summed E-state index contributed by atoms with van der Waals surface area (Å²) >= 11 is 6.25. The molecule has 9 nitrogen and oxygen atoms in total. The first-order valence-corrected chi connectivity index (χ1v) is 13.9. The van der Waals surface area contributed by atoms with Gasteiger partial charge in [-0.25, -0.2) is 9.78 Å². The van der Waals surface area contributed by atoms with Crippen LogP contribution in [0.3, 0.4) is 0 Å². The summed E-state index contributed by atoms with van der Waals surface area (Å²) in [5, 5.41) is 9.93. The second kappa shape index (κ2) is 11.4. The van der Waals surface area contributed by atoms with E-state index in [-0.39, 0.29) is 11.7 Å². The summed E-state index contributed by atoms with van der Waals surface area (Å²) in [6, 6.07) is 5.39. The molecule has 0 radical (unpaired) electrons. The van der Waals surface area contributed by atoms with Gasteiger partial charge in [-0.05, 0) is 71.4 Å². The van der Waals surface area contributed by atoms with Crippen LogP contribution in [0.25, 0.3) is 10.9 Å². The largest absolute Gasteiger partial charge is 0.494 e. The molecule has 37 heavy (non-hydrogen) atoms. The van der Waals surface area contributed by atoms with E-state index in [4.69, 9.17) is 27.1 Å². The van der Waals surface area contributed by atoms with Gasteiger partial charge in [-0.3, -0.25) is 9.36 Å². The number of ether oxygens (including phenoxy) is 2. The second-order valence-electron chi connectivity index (χ2n) is 10.4. The fourth-order valence-corrected chi connectivity index (χ4v) is 5.72. The SMILES string of the molecule is COc1cccc2c(=O)n(CCCC3CCN(C(=O)OC(C)(C)C)CC3)c(C(S)c3nnc(C)s3)nc12. The highest BCUT2D eigenvalue weighted by Crippen LogP contribution is 2.32. The molecule has 2 aromatic heterocycles. The van der Waals surface area contributed by atoms with Gasteiger partial charge in [0.15, 0.2) is 0 Å². The van der Waals surface area contributed by atoms with Crippen LogP contribution in [0.15, 0.2) is 23.0 Å². The molecule has 1 fully saturated rings. The van der Waals surface area contributed by atoms with Gasteiger partial charge in [-0.2, -0.15) is 12.6 Å². The molecular weight excluding hydrogens is 510 g/mol. The Hall–Kier alpha value is -2.66. The van der Waals surface area contributed by atoms with E-state index < -0.39 is 10.9 Å². The zero-order chi connectivity index (χ0) is 26.7. The van der Waals surface area contributed by atoms with Crippen LogP contribution in [0, 0.1) is 12.8 Å². The van der Waals surface area contributed by atoms with Gasteiger partial charge in [0, 0.05) is 19.6 Å². The molecule has 0 spiro atoms. The number of likely N-dealkylation sites (tertiary alicyclic amines) is 1. The zero-order valence-electron chi connectivity index (χ0n) is 22.1. The molecule has 200 valence electrons. The number of methoxy groups -OCH3 is 1. The first-order valence-electron chi connectivity index (χ1n) is 12.6. The monoisotopic (exact) mass is 545 g/mol. The van der Waals surface area contributed by atoms with E-state index in [1.54, 1.807) is 34.8 Å². The van der Waals surface area contributed by atoms with Crippen molar-refractivity contribution in [2.24, 2.45) is 5.92 Å². The second-order valence-corrected chi connectivity index (χ2v) is 12.1. The van der Waals surface area contributed by atoms with E-state index in [2.05, 4.69) is 10.2 Å². The molecule has 11 heteroatoms. The van der Waals surface area contributed by atoms with Crippen molar-refractivity contribution in [1.82, 2.24) is 24.6 Å². The van der Waals surface area contributed by atoms with Crippen molar-refractivity contribution in [1.29, 1.82) is 0 Å². The predicted octanol–water partition coefficient (Wildman–Crippen LogP) is 5.01. The Morgan fingerprint density at radius 3 is 2.59 bits per heavy atom. The van der Waals surface area contributed by atoms with E-state index in [1.807, 2.05) is 27.7 Å². The van der Waals surface area contributed by atoms with Gasteiger partial charge in [0.1, 0.15) is 38.0 Å². The van der Waals surface area contributed by atoms with Crippen molar-refractivity contribution in [3.63, 3.8) is 0 Å². The van der Waals surface area contributed by atoms with Gasteiger partial charge in [-0.1, -0.05) is 6.07 Å². The molecule has 1 amide bonds. The number of benzene rings is 1. The number of hydrogen-bond donors (Lipinski definition) is 1. The van der Waals surface area contributed by atoms with Gasteiger partial charge in [0.25, 0.3) is 5.56 Å². The molecule has 1 saturated heterocycles. The quantitative estimate of drug-likeness (QED) is 0.417. The van der Waals surface area contributed by atoms with Crippen molar-refractivity contribution in [2.75, 3.05) is 20.2 Å². The standard InChI is InChI=1S/C26H35N5O4S2/c1-16-28-29-23(37-16)21(36)22-27-20-18(9-6-10-19(20)34-5)24(32)31(22)13-7-8-17-11-14-30(15-12-17)25(33)35-26(2,3)4/h6,9-10,17,21,36H,7-8,11-15H2,1-5H3. The Balaban J connectivity index is 1.50. The maximum atomic E-state index is 13.6. The maximum Gasteiger partial charge on any atom is 0.410 e. The molecule has 3 heterocycles. The number of aryl methyl sites for hydroxylation is 1. The molecule has 1 aliphatic heterocycles. The number of aromatic nitrogens is 4. The van der Waals surface area contributed by atoms with Crippen LogP contribution in [0.5, 0.6) is 5.75 Å². The third kappa shape index (κ3) is 6.43. The van der Waals surface area contributed by atoms with Crippen LogP contribution in [0.2, 0.25) is 0 Å². The van der Waals surface area contributed by atoms with Crippen molar-refractivity contribution in [2.45, 2.75) is 70.8 Å². The molecule has 1 unspecified atom stereocenters. The highest BCUT2D eigenvalue weighted by atomic mass is 32.1. The lowest BCUT2D eigenvalue weighted by Crippen LogP contribution is -2.41. The summed E-state index contributed by atoms with van der Waals surface area (Å²) in [6.45, 7) is 9.44. The Morgan fingerprint density at radius 1 is 1.24 bits per heavy atom. The minimum atomic E-state index is -0.491. The topological polar surface area (TPSA) is 99.4 Å². The van der Waals surface area contributed by atoms with Crippen molar-refractivity contribution >= 4 is 41.0 Å². The third-order valence-electron chi connectivity index (χ3n) is 6.48. The Labute approximate surface area is 226 Å². The van der Waals surface area contributed by atoms with Crippen LogP contribution >= 0.6 is 24.0 Å². The van der Waals surface area contributed by atoms with E-state index in [0.717, 1.165) is 30.7 Å². The fourth-order valence-electron chi connectivity index (χ4n) is 4.63. The number of thiol groups is 1. The number of hydrogen-bond acceptors (Lipinski definition) is 9. The highest BCUT2D eigenvalue weighted by Gasteiger charge is 2.27. The van der Waals surface area contributed by atoms with E-state index >= 15 is 0 Å². The summed E-state index contributed by atoms with van der Waals surface area (Å²) in [5.74, 6) is 1.58. The van der Waals surface area contributed by atoms with Gasteiger partial charge in [0.2, 0.25) is 0 Å². The summed E-state index contributed by atoms with van der Waals surface area (Å²) < 4.78 is 12.7. The third-order valence-corrected chi connectivity index (χ3v) is 8.03. The number of para-hydroxylation sites is 1. The van der Waals surface area contributed by atoms with E-state index in [0.29, 0.717) is 53.0 Å². The van der Waals surface area contributed by atoms with Gasteiger partial charge in [-0.15, -0.1) is 21.5 Å². The van der Waals surface area contributed by atoms with Crippen LogP contribution < -0.4 is 10.3 Å². The Morgan fingerprint density at radius 2 is 1.97 bits per heavy atom. The van der Waals surface area contributed by atoms with Gasteiger partial charge in [0.05, 0.1) is 12.5 Å². The van der Waals surface area contributed by atoms with Crippen LogP contribution in [0.4, 0.5) is 4.79 Å². The summed E-state index contributed by atoms with van der Waals surface area (Å²) in [5.41, 5.74) is -0.0790.